The van der Waals surface area contributed by atoms with E-state index in [9.17, 15) is 4.79 Å². The van der Waals surface area contributed by atoms with Gasteiger partial charge >= 0.3 is 5.97 Å². The fourth-order valence-corrected chi connectivity index (χ4v) is 1.76. The molecule has 0 radical (unpaired) electrons. The second-order valence-electron chi connectivity index (χ2n) is 3.57. The smallest absolute Gasteiger partial charge is 0.358 e. The van der Waals surface area contributed by atoms with Gasteiger partial charge in [0.05, 0.1) is 17.7 Å². The van der Waals surface area contributed by atoms with Crippen molar-refractivity contribution in [2.75, 3.05) is 7.11 Å². The molecule has 0 aliphatic heterocycles. The molecule has 0 spiro atoms. The van der Waals surface area contributed by atoms with E-state index < -0.39 is 5.97 Å². The second-order valence-corrected chi connectivity index (χ2v) is 3.98. The highest BCUT2D eigenvalue weighted by Crippen LogP contribution is 2.31. The largest absolute Gasteiger partial charge is 0.497 e. The molecular formula is C12H10ClNO4. The average Bonchev–Trinajstić information content (AvgIpc) is 2.71. The lowest BCUT2D eigenvalue weighted by atomic mass is 10.2. The van der Waals surface area contributed by atoms with Gasteiger partial charge in [-0.15, -0.1) is 0 Å². The Labute approximate surface area is 108 Å². The summed E-state index contributed by atoms with van der Waals surface area (Å²) in [5, 5.41) is 9.28. The van der Waals surface area contributed by atoms with Crippen LogP contribution in [0.2, 0.25) is 5.02 Å². The molecule has 0 saturated carbocycles. The molecule has 18 heavy (non-hydrogen) atoms. The van der Waals surface area contributed by atoms with Crippen LogP contribution in [0.1, 0.15) is 16.2 Å². The molecule has 0 bridgehead atoms. The summed E-state index contributed by atoms with van der Waals surface area (Å²) in [6, 6.07) is 4.97. The summed E-state index contributed by atoms with van der Waals surface area (Å²) < 4.78 is 10.3. The molecule has 1 aromatic heterocycles. The third-order valence-corrected chi connectivity index (χ3v) is 2.72. The summed E-state index contributed by atoms with van der Waals surface area (Å²) in [5.41, 5.74) is 0.407. The molecule has 5 nitrogen and oxygen atoms in total. The van der Waals surface area contributed by atoms with Crippen molar-refractivity contribution < 1.29 is 19.1 Å². The maximum atomic E-state index is 10.9. The molecule has 0 amide bonds. The summed E-state index contributed by atoms with van der Waals surface area (Å²) in [5.74, 6) is -0.112. The summed E-state index contributed by atoms with van der Waals surface area (Å²) >= 11 is 6.06. The fourth-order valence-electron chi connectivity index (χ4n) is 1.51. The zero-order valence-corrected chi connectivity index (χ0v) is 10.5. The minimum absolute atomic E-state index is 0.114. The molecule has 0 aliphatic rings. The number of rotatable bonds is 3. The number of aromatic nitrogens is 1. The number of methoxy groups -OCH3 is 1. The maximum absolute atomic E-state index is 10.9. The van der Waals surface area contributed by atoms with Crippen molar-refractivity contribution in [3.05, 3.63) is 34.7 Å². The summed E-state index contributed by atoms with van der Waals surface area (Å²) in [6.45, 7) is 1.54. The summed E-state index contributed by atoms with van der Waals surface area (Å²) in [6.07, 6.45) is 0. The SMILES string of the molecule is COc1ccc(-c2nc(C(=O)O)c(C)o2)c(Cl)c1. The van der Waals surface area contributed by atoms with Crippen LogP contribution in [-0.2, 0) is 0 Å². The Bertz CT molecular complexity index is 606. The number of aromatic carboxylic acids is 1. The Morgan fingerprint density at radius 1 is 1.50 bits per heavy atom. The maximum Gasteiger partial charge on any atom is 0.358 e. The monoisotopic (exact) mass is 267 g/mol. The Morgan fingerprint density at radius 3 is 2.72 bits per heavy atom. The van der Waals surface area contributed by atoms with E-state index in [1.807, 2.05) is 0 Å². The van der Waals surface area contributed by atoms with Crippen LogP contribution >= 0.6 is 11.6 Å². The molecule has 2 aromatic rings. The van der Waals surface area contributed by atoms with Gasteiger partial charge in [-0.05, 0) is 25.1 Å². The Kier molecular flexibility index (Phi) is 3.25. The highest BCUT2D eigenvalue weighted by Gasteiger charge is 2.18. The highest BCUT2D eigenvalue weighted by molar-refractivity contribution is 6.33. The minimum Gasteiger partial charge on any atom is -0.497 e. The normalized spacial score (nSPS) is 10.4. The number of aryl methyl sites for hydroxylation is 1. The van der Waals surface area contributed by atoms with Crippen LogP contribution < -0.4 is 4.74 Å². The topological polar surface area (TPSA) is 72.6 Å². The number of benzene rings is 1. The Hall–Kier alpha value is -2.01. The molecule has 2 rings (SSSR count). The first-order valence-electron chi connectivity index (χ1n) is 5.07. The van der Waals surface area contributed by atoms with Crippen molar-refractivity contribution in [1.29, 1.82) is 0 Å². The fraction of sp³-hybridized carbons (Fsp3) is 0.167. The molecule has 1 N–H and O–H groups in total. The van der Waals surface area contributed by atoms with Crippen LogP contribution in [0.5, 0.6) is 5.75 Å². The number of carbonyl (C=O) groups is 1. The van der Waals surface area contributed by atoms with E-state index in [0.717, 1.165) is 0 Å². The van der Waals surface area contributed by atoms with Crippen LogP contribution in [0.15, 0.2) is 22.6 Å². The third-order valence-electron chi connectivity index (χ3n) is 2.41. The van der Waals surface area contributed by atoms with Gasteiger partial charge in [0.2, 0.25) is 5.89 Å². The van der Waals surface area contributed by atoms with Crippen LogP contribution in [-0.4, -0.2) is 23.2 Å². The minimum atomic E-state index is -1.13. The van der Waals surface area contributed by atoms with Crippen LogP contribution in [0.4, 0.5) is 0 Å². The van der Waals surface area contributed by atoms with Gasteiger partial charge in [-0.1, -0.05) is 11.6 Å². The lowest BCUT2D eigenvalue weighted by Gasteiger charge is -2.03. The van der Waals surface area contributed by atoms with Crippen molar-refractivity contribution in [3.63, 3.8) is 0 Å². The van der Waals surface area contributed by atoms with Gasteiger partial charge in [0, 0.05) is 0 Å². The van der Waals surface area contributed by atoms with Gasteiger partial charge in [0.1, 0.15) is 11.5 Å². The molecular weight excluding hydrogens is 258 g/mol. The van der Waals surface area contributed by atoms with Gasteiger partial charge in [-0.25, -0.2) is 9.78 Å². The lowest BCUT2D eigenvalue weighted by molar-refractivity contribution is 0.0689. The summed E-state index contributed by atoms with van der Waals surface area (Å²) in [4.78, 5) is 14.8. The van der Waals surface area contributed by atoms with E-state index >= 15 is 0 Å². The average molecular weight is 268 g/mol. The van der Waals surface area contributed by atoms with Crippen LogP contribution in [0, 0.1) is 6.92 Å². The third kappa shape index (κ3) is 2.17. The lowest BCUT2D eigenvalue weighted by Crippen LogP contribution is -1.98. The van der Waals surface area contributed by atoms with Crippen molar-refractivity contribution >= 4 is 17.6 Å². The molecule has 1 aromatic carbocycles. The number of carboxylic acid groups (broad SMARTS) is 1. The predicted octanol–water partition coefficient (Wildman–Crippen LogP) is 3.01. The van der Waals surface area contributed by atoms with E-state index in [2.05, 4.69) is 4.98 Å². The van der Waals surface area contributed by atoms with Crippen molar-refractivity contribution in [2.45, 2.75) is 6.92 Å². The molecule has 1 heterocycles. The molecule has 0 aliphatic carbocycles. The number of halogens is 1. The number of hydrogen-bond acceptors (Lipinski definition) is 4. The quantitative estimate of drug-likeness (QED) is 0.925. The van der Waals surface area contributed by atoms with E-state index in [-0.39, 0.29) is 17.3 Å². The zero-order chi connectivity index (χ0) is 13.3. The zero-order valence-electron chi connectivity index (χ0n) is 9.73. The highest BCUT2D eigenvalue weighted by atomic mass is 35.5. The van der Waals surface area contributed by atoms with Crippen molar-refractivity contribution in [3.8, 4) is 17.2 Å². The van der Waals surface area contributed by atoms with Crippen LogP contribution in [0.3, 0.4) is 0 Å². The number of hydrogen-bond donors (Lipinski definition) is 1. The first-order chi connectivity index (χ1) is 8.52. The van der Waals surface area contributed by atoms with Crippen molar-refractivity contribution in [1.82, 2.24) is 4.98 Å². The van der Waals surface area contributed by atoms with Gasteiger partial charge in [0.25, 0.3) is 0 Å². The molecule has 0 saturated heterocycles. The number of nitrogens with zero attached hydrogens (tertiary/aromatic N) is 1. The standard InChI is InChI=1S/C12H10ClNO4/c1-6-10(12(15)16)14-11(18-6)8-4-3-7(17-2)5-9(8)13/h3-5H,1-2H3,(H,15,16). The Morgan fingerprint density at radius 2 is 2.22 bits per heavy atom. The van der Waals surface area contributed by atoms with Gasteiger partial charge in [0.15, 0.2) is 5.69 Å². The molecule has 6 heteroatoms. The number of oxazole rings is 1. The van der Waals surface area contributed by atoms with Gasteiger partial charge < -0.3 is 14.3 Å². The number of ether oxygens (including phenoxy) is 1. The molecule has 0 atom stereocenters. The van der Waals surface area contributed by atoms with Crippen LogP contribution in [0.25, 0.3) is 11.5 Å². The van der Waals surface area contributed by atoms with E-state index in [0.29, 0.717) is 16.3 Å². The first-order valence-corrected chi connectivity index (χ1v) is 5.45. The van der Waals surface area contributed by atoms with Crippen molar-refractivity contribution in [2.24, 2.45) is 0 Å². The molecule has 0 fully saturated rings. The first kappa shape index (κ1) is 12.4. The Balaban J connectivity index is 2.49. The molecule has 94 valence electrons. The van der Waals surface area contributed by atoms with E-state index in [1.165, 1.54) is 14.0 Å². The molecule has 0 unspecified atom stereocenters. The van der Waals surface area contributed by atoms with Gasteiger partial charge in [-0.2, -0.15) is 0 Å². The predicted molar refractivity (Wildman–Crippen MR) is 65.2 cm³/mol. The van der Waals surface area contributed by atoms with E-state index in [1.54, 1.807) is 18.2 Å². The van der Waals surface area contributed by atoms with Gasteiger partial charge in [-0.3, -0.25) is 0 Å². The summed E-state index contributed by atoms with van der Waals surface area (Å²) in [7, 11) is 1.53. The van der Waals surface area contributed by atoms with E-state index in [4.69, 9.17) is 25.9 Å². The number of carboxylic acids is 1. The second kappa shape index (κ2) is 4.70.